The minimum atomic E-state index is -0.199. The van der Waals surface area contributed by atoms with Crippen LogP contribution in [-0.2, 0) is 22.7 Å². The predicted octanol–water partition coefficient (Wildman–Crippen LogP) is 3.57. The highest BCUT2D eigenvalue weighted by molar-refractivity contribution is 6.32. The van der Waals surface area contributed by atoms with Crippen molar-refractivity contribution in [1.82, 2.24) is 10.3 Å². The molecule has 1 aromatic heterocycles. The summed E-state index contributed by atoms with van der Waals surface area (Å²) >= 11 is 6.27. The molecule has 2 rings (SSSR count). The number of benzene rings is 1. The van der Waals surface area contributed by atoms with Gasteiger partial charge in [0.25, 0.3) is 0 Å². The average molecular weight is 367 g/mol. The first-order valence-corrected chi connectivity index (χ1v) is 8.58. The summed E-state index contributed by atoms with van der Waals surface area (Å²) < 4.78 is 16.0. The molecule has 136 valence electrons. The zero-order chi connectivity index (χ0) is 18.2. The number of rotatable bonds is 9. The molecule has 1 N–H and O–H groups in total. The van der Waals surface area contributed by atoms with Gasteiger partial charge >= 0.3 is 5.97 Å². The van der Waals surface area contributed by atoms with Crippen LogP contribution in [0.3, 0.4) is 0 Å². The molecule has 0 amide bonds. The number of esters is 1. The van der Waals surface area contributed by atoms with Crippen molar-refractivity contribution >= 4 is 17.6 Å². The smallest absolute Gasteiger partial charge is 0.307 e. The molecule has 0 aliphatic heterocycles. The van der Waals surface area contributed by atoms with Crippen LogP contribution in [0.4, 0.5) is 0 Å². The number of carbonyl (C=O) groups is 1. The third-order valence-corrected chi connectivity index (χ3v) is 3.80. The maximum absolute atomic E-state index is 11.3. The van der Waals surface area contributed by atoms with Crippen molar-refractivity contribution in [1.29, 1.82) is 0 Å². The second kappa shape index (κ2) is 9.44. The fourth-order valence-corrected chi connectivity index (χ4v) is 2.54. The van der Waals surface area contributed by atoms with Gasteiger partial charge < -0.3 is 19.2 Å². The predicted molar refractivity (Wildman–Crippen MR) is 94.7 cm³/mol. The Bertz CT molecular complexity index is 715. The average Bonchev–Trinajstić information content (AvgIpc) is 2.88. The summed E-state index contributed by atoms with van der Waals surface area (Å²) in [5.74, 6) is 1.76. The number of aryl methyl sites for hydroxylation is 2. The second-order valence-electron chi connectivity index (χ2n) is 5.52. The van der Waals surface area contributed by atoms with E-state index in [-0.39, 0.29) is 5.97 Å². The molecule has 0 unspecified atom stereocenters. The van der Waals surface area contributed by atoms with Crippen molar-refractivity contribution in [2.45, 2.75) is 40.3 Å². The van der Waals surface area contributed by atoms with Gasteiger partial charge in [-0.2, -0.15) is 0 Å². The van der Waals surface area contributed by atoms with Gasteiger partial charge in [0, 0.05) is 20.0 Å². The van der Waals surface area contributed by atoms with Crippen LogP contribution in [0.25, 0.3) is 0 Å². The molecule has 0 saturated carbocycles. The summed E-state index contributed by atoms with van der Waals surface area (Å²) in [6.07, 6.45) is 0.346. The molecule has 0 atom stereocenters. The standard InChI is InChI=1S/C18H23ClN2O4/c1-4-23-18(22)7-8-20-10-14-5-6-17(15(19)9-14)24-11-16-12(2)25-13(3)21-16/h5-6,9,20H,4,7-8,10-11H2,1-3H3. The fraction of sp³-hybridized carbons (Fsp3) is 0.444. The number of nitrogens with zero attached hydrogens (tertiary/aromatic N) is 1. The quantitative estimate of drug-likeness (QED) is 0.540. The summed E-state index contributed by atoms with van der Waals surface area (Å²) in [5, 5.41) is 3.71. The highest BCUT2D eigenvalue weighted by Gasteiger charge is 2.09. The Kier molecular flexibility index (Phi) is 7.28. The summed E-state index contributed by atoms with van der Waals surface area (Å²) in [4.78, 5) is 15.5. The van der Waals surface area contributed by atoms with Crippen LogP contribution in [0, 0.1) is 13.8 Å². The molecule has 0 radical (unpaired) electrons. The molecule has 0 aliphatic rings. The number of oxazole rings is 1. The monoisotopic (exact) mass is 366 g/mol. The van der Waals surface area contributed by atoms with E-state index < -0.39 is 0 Å². The third kappa shape index (κ3) is 6.07. The molecule has 25 heavy (non-hydrogen) atoms. The summed E-state index contributed by atoms with van der Waals surface area (Å²) in [5.41, 5.74) is 1.77. The minimum Gasteiger partial charge on any atom is -0.486 e. The molecular formula is C18H23ClN2O4. The first-order chi connectivity index (χ1) is 12.0. The van der Waals surface area contributed by atoms with Crippen LogP contribution in [0.2, 0.25) is 5.02 Å². The third-order valence-electron chi connectivity index (χ3n) is 3.50. The van der Waals surface area contributed by atoms with Gasteiger partial charge in [0.1, 0.15) is 23.8 Å². The van der Waals surface area contributed by atoms with Crippen molar-refractivity contribution < 1.29 is 18.7 Å². The van der Waals surface area contributed by atoms with Gasteiger partial charge in [-0.25, -0.2) is 4.98 Å². The summed E-state index contributed by atoms with van der Waals surface area (Å²) in [7, 11) is 0. The van der Waals surface area contributed by atoms with Gasteiger partial charge in [0.15, 0.2) is 5.89 Å². The topological polar surface area (TPSA) is 73.6 Å². The Morgan fingerprint density at radius 2 is 2.16 bits per heavy atom. The zero-order valence-corrected chi connectivity index (χ0v) is 15.5. The lowest BCUT2D eigenvalue weighted by atomic mass is 10.2. The van der Waals surface area contributed by atoms with Crippen molar-refractivity contribution in [3.63, 3.8) is 0 Å². The number of nitrogens with one attached hydrogen (secondary N) is 1. The van der Waals surface area contributed by atoms with Crippen LogP contribution in [-0.4, -0.2) is 24.1 Å². The Hall–Kier alpha value is -2.05. The second-order valence-corrected chi connectivity index (χ2v) is 5.93. The zero-order valence-electron chi connectivity index (χ0n) is 14.7. The molecule has 2 aromatic rings. The molecule has 7 heteroatoms. The Labute approximate surface area is 152 Å². The van der Waals surface area contributed by atoms with E-state index in [4.69, 9.17) is 25.5 Å². The highest BCUT2D eigenvalue weighted by Crippen LogP contribution is 2.26. The summed E-state index contributed by atoms with van der Waals surface area (Å²) in [6.45, 7) is 7.32. The van der Waals surface area contributed by atoms with Crippen LogP contribution < -0.4 is 10.1 Å². The Balaban J connectivity index is 1.81. The molecule has 0 fully saturated rings. The van der Waals surface area contributed by atoms with E-state index in [9.17, 15) is 4.79 Å². The highest BCUT2D eigenvalue weighted by atomic mass is 35.5. The van der Waals surface area contributed by atoms with Gasteiger partial charge in [0.2, 0.25) is 0 Å². The Morgan fingerprint density at radius 3 is 2.80 bits per heavy atom. The maximum Gasteiger partial charge on any atom is 0.307 e. The van der Waals surface area contributed by atoms with Crippen LogP contribution in [0.1, 0.15) is 36.3 Å². The van der Waals surface area contributed by atoms with Crippen LogP contribution in [0.15, 0.2) is 22.6 Å². The number of aromatic nitrogens is 1. The largest absolute Gasteiger partial charge is 0.486 e. The van der Waals surface area contributed by atoms with Crippen molar-refractivity contribution in [2.75, 3.05) is 13.2 Å². The maximum atomic E-state index is 11.3. The van der Waals surface area contributed by atoms with Crippen molar-refractivity contribution in [2.24, 2.45) is 0 Å². The van der Waals surface area contributed by atoms with Gasteiger partial charge in [-0.3, -0.25) is 4.79 Å². The molecule has 0 bridgehead atoms. The lowest BCUT2D eigenvalue weighted by molar-refractivity contribution is -0.142. The van der Waals surface area contributed by atoms with E-state index in [1.807, 2.05) is 25.1 Å². The van der Waals surface area contributed by atoms with Gasteiger partial charge in [-0.15, -0.1) is 0 Å². The molecule has 6 nitrogen and oxygen atoms in total. The van der Waals surface area contributed by atoms with Gasteiger partial charge in [0.05, 0.1) is 18.1 Å². The number of carbonyl (C=O) groups excluding carboxylic acids is 1. The Morgan fingerprint density at radius 1 is 1.36 bits per heavy atom. The van der Waals surface area contributed by atoms with E-state index in [1.54, 1.807) is 13.8 Å². The number of hydrogen-bond acceptors (Lipinski definition) is 6. The number of hydrogen-bond donors (Lipinski definition) is 1. The van der Waals surface area contributed by atoms with E-state index >= 15 is 0 Å². The molecular weight excluding hydrogens is 344 g/mol. The van der Waals surface area contributed by atoms with Gasteiger partial charge in [-0.05, 0) is 31.5 Å². The molecule has 1 aromatic carbocycles. The SMILES string of the molecule is CCOC(=O)CCNCc1ccc(OCc2nc(C)oc2C)c(Cl)c1. The van der Waals surface area contributed by atoms with Gasteiger partial charge in [-0.1, -0.05) is 17.7 Å². The van der Waals surface area contributed by atoms with Crippen LogP contribution in [0.5, 0.6) is 5.75 Å². The first kappa shape index (κ1) is 19.3. The number of ether oxygens (including phenoxy) is 2. The molecule has 0 saturated heterocycles. The van der Waals surface area contributed by atoms with Crippen molar-refractivity contribution in [3.05, 3.63) is 46.1 Å². The number of halogens is 1. The molecule has 0 aliphatic carbocycles. The van der Waals surface area contributed by atoms with Crippen molar-refractivity contribution in [3.8, 4) is 5.75 Å². The lowest BCUT2D eigenvalue weighted by Gasteiger charge is -2.09. The minimum absolute atomic E-state index is 0.199. The fourth-order valence-electron chi connectivity index (χ4n) is 2.28. The molecule has 1 heterocycles. The van der Waals surface area contributed by atoms with Crippen LogP contribution >= 0.6 is 11.6 Å². The molecule has 0 spiro atoms. The van der Waals surface area contributed by atoms with E-state index in [2.05, 4.69) is 10.3 Å². The summed E-state index contributed by atoms with van der Waals surface area (Å²) in [6, 6.07) is 5.60. The normalized spacial score (nSPS) is 10.7. The van der Waals surface area contributed by atoms with E-state index in [0.717, 1.165) is 17.0 Å². The van der Waals surface area contributed by atoms with E-state index in [0.29, 0.717) is 49.4 Å². The lowest BCUT2D eigenvalue weighted by Crippen LogP contribution is -2.19. The van der Waals surface area contributed by atoms with E-state index in [1.165, 1.54) is 0 Å². The first-order valence-electron chi connectivity index (χ1n) is 8.20.